The van der Waals surface area contributed by atoms with Crippen molar-refractivity contribution < 1.29 is 42.2 Å². The summed E-state index contributed by atoms with van der Waals surface area (Å²) in [5.41, 5.74) is 1.56. The van der Waals surface area contributed by atoms with Gasteiger partial charge in [0.25, 0.3) is 0 Å². The number of halogens is 3. The highest BCUT2D eigenvalue weighted by molar-refractivity contribution is 6.02. The number of methoxy groups -OCH3 is 2. The Morgan fingerprint density at radius 2 is 1.71 bits per heavy atom. The lowest BCUT2D eigenvalue weighted by Crippen LogP contribution is -2.56. The molecule has 0 spiro atoms. The number of nitrogens with one attached hydrogen (secondary N) is 2. The van der Waals surface area contributed by atoms with Gasteiger partial charge in [0.1, 0.15) is 6.04 Å². The monoisotopic (exact) mass is 690 g/mol. The number of likely N-dealkylation sites (tertiary alicyclic amines) is 1. The first-order chi connectivity index (χ1) is 22.7. The van der Waals surface area contributed by atoms with Crippen LogP contribution in [0.15, 0.2) is 53.7 Å². The summed E-state index contributed by atoms with van der Waals surface area (Å²) in [6, 6.07) is 7.50. The first-order valence-corrected chi connectivity index (χ1v) is 15.8. The second-order valence-electron chi connectivity index (χ2n) is 11.9. The molecule has 1 aliphatic carbocycles. The van der Waals surface area contributed by atoms with Gasteiger partial charge in [-0.1, -0.05) is 24.3 Å². The Bertz CT molecular complexity index is 1550. The number of carbonyl (C=O) groups is 4. The average Bonchev–Trinajstić information content (AvgIpc) is 3.54. The Balaban J connectivity index is 0.00000520. The Morgan fingerprint density at radius 3 is 2.38 bits per heavy atom. The Kier molecular flexibility index (Phi) is 12.5. The van der Waals surface area contributed by atoms with Gasteiger partial charge >= 0.3 is 24.0 Å². The van der Waals surface area contributed by atoms with Crippen LogP contribution in [0.4, 0.5) is 18.4 Å². The average molecular weight is 691 g/mol. The van der Waals surface area contributed by atoms with Crippen LogP contribution in [0.25, 0.3) is 0 Å². The molecule has 4 amide bonds. The quantitative estimate of drug-likeness (QED) is 0.344. The number of esters is 2. The lowest BCUT2D eigenvalue weighted by Gasteiger charge is -2.37. The van der Waals surface area contributed by atoms with Gasteiger partial charge in [-0.2, -0.15) is 0 Å². The molecule has 260 valence electrons. The van der Waals surface area contributed by atoms with Gasteiger partial charge in [0.2, 0.25) is 0 Å². The first-order valence-electron chi connectivity index (χ1n) is 15.8. The van der Waals surface area contributed by atoms with E-state index in [0.717, 1.165) is 61.9 Å². The van der Waals surface area contributed by atoms with Crippen molar-refractivity contribution in [3.63, 3.8) is 0 Å². The summed E-state index contributed by atoms with van der Waals surface area (Å²) >= 11 is 0. The maximum Gasteiger partial charge on any atom is 0.338 e. The van der Waals surface area contributed by atoms with Crippen molar-refractivity contribution >= 4 is 36.4 Å². The van der Waals surface area contributed by atoms with Crippen molar-refractivity contribution in [2.75, 3.05) is 40.5 Å². The maximum atomic E-state index is 14.4. The van der Waals surface area contributed by atoms with E-state index in [1.165, 1.54) is 13.2 Å². The van der Waals surface area contributed by atoms with Gasteiger partial charge in [0.05, 0.1) is 37.2 Å². The summed E-state index contributed by atoms with van der Waals surface area (Å²) in [7, 11) is 2.50. The highest BCUT2D eigenvalue weighted by Gasteiger charge is 2.44. The van der Waals surface area contributed by atoms with Crippen LogP contribution >= 0.6 is 12.4 Å². The van der Waals surface area contributed by atoms with Gasteiger partial charge < -0.3 is 24.8 Å². The largest absolute Gasteiger partial charge is 0.466 e. The highest BCUT2D eigenvalue weighted by Crippen LogP contribution is 2.38. The van der Waals surface area contributed by atoms with Gasteiger partial charge in [-0.15, -0.1) is 12.4 Å². The number of nitrogens with zero attached hydrogens (tertiary/aromatic N) is 2. The number of ether oxygens (including phenoxy) is 3. The third-order valence-corrected chi connectivity index (χ3v) is 9.16. The molecule has 2 fully saturated rings. The Morgan fingerprint density at radius 1 is 0.979 bits per heavy atom. The molecule has 0 bridgehead atoms. The standard InChI is InChI=1S/C34H40F2N4O7.ClH/c1-4-47-31(41)25-8-6-5-7-24(25)20-9-12-23(13-10-20)39-16-15-22(18-39)37-33(43)40-30(21-11-14-26(35)27(36)17-21)29(32(42)46-3)28(19-45-2)38-34(40)44;/h5-8,11,14,17,20,22-23,30H,4,9-10,12-13,15-16,18-19H2,1-3H3,(H,37,43)(H,38,44);1H/t20-,22-,23-,30+;/m1./s1. The summed E-state index contributed by atoms with van der Waals surface area (Å²) in [5.74, 6) is -3.24. The fraction of sp³-hybridized carbons (Fsp3) is 0.471. The predicted molar refractivity (Wildman–Crippen MR) is 174 cm³/mol. The van der Waals surface area contributed by atoms with Crippen LogP contribution in [0.2, 0.25) is 0 Å². The van der Waals surface area contributed by atoms with Gasteiger partial charge in [-0.25, -0.2) is 32.9 Å². The molecule has 2 heterocycles. The first kappa shape index (κ1) is 36.8. The molecular weight excluding hydrogens is 650 g/mol. The normalized spacial score (nSPS) is 22.9. The van der Waals surface area contributed by atoms with Gasteiger partial charge in [-0.05, 0) is 74.3 Å². The molecule has 11 nitrogen and oxygen atoms in total. The molecule has 48 heavy (non-hydrogen) atoms. The number of imide groups is 1. The topological polar surface area (TPSA) is 127 Å². The smallest absolute Gasteiger partial charge is 0.338 e. The number of benzene rings is 2. The van der Waals surface area contributed by atoms with Crippen molar-refractivity contribution in [2.24, 2.45) is 0 Å². The predicted octanol–water partition coefficient (Wildman–Crippen LogP) is 5.21. The summed E-state index contributed by atoms with van der Waals surface area (Å²) in [6.45, 7) is 3.21. The molecule has 1 saturated heterocycles. The van der Waals surface area contributed by atoms with E-state index in [0.29, 0.717) is 31.2 Å². The number of amides is 4. The molecule has 2 aromatic carbocycles. The number of hydrogen-bond acceptors (Lipinski definition) is 8. The van der Waals surface area contributed by atoms with Gasteiger partial charge in [-0.3, -0.25) is 4.90 Å². The highest BCUT2D eigenvalue weighted by atomic mass is 35.5. The van der Waals surface area contributed by atoms with Crippen LogP contribution in [-0.4, -0.2) is 86.4 Å². The number of hydrogen-bond donors (Lipinski definition) is 2. The zero-order chi connectivity index (χ0) is 33.7. The van der Waals surface area contributed by atoms with Crippen molar-refractivity contribution in [1.82, 2.24) is 20.4 Å². The summed E-state index contributed by atoms with van der Waals surface area (Å²) < 4.78 is 43.6. The Labute approximate surface area is 284 Å². The van der Waals surface area contributed by atoms with Crippen molar-refractivity contribution in [1.29, 1.82) is 0 Å². The maximum absolute atomic E-state index is 14.4. The number of urea groups is 2. The van der Waals surface area contributed by atoms with Crippen LogP contribution in [0.1, 0.15) is 72.5 Å². The minimum atomic E-state index is -1.40. The van der Waals surface area contributed by atoms with Gasteiger partial charge in [0, 0.05) is 32.3 Å². The molecule has 2 N–H and O–H groups in total. The van der Waals surface area contributed by atoms with Crippen LogP contribution in [0.3, 0.4) is 0 Å². The van der Waals surface area contributed by atoms with E-state index in [1.54, 1.807) is 6.92 Å². The minimum absolute atomic E-state index is 0. The lowest BCUT2D eigenvalue weighted by atomic mass is 9.79. The zero-order valence-electron chi connectivity index (χ0n) is 27.1. The van der Waals surface area contributed by atoms with Crippen LogP contribution in [-0.2, 0) is 19.0 Å². The van der Waals surface area contributed by atoms with Crippen molar-refractivity contribution in [3.05, 3.63) is 82.1 Å². The fourth-order valence-corrected chi connectivity index (χ4v) is 6.96. The fourth-order valence-electron chi connectivity index (χ4n) is 6.96. The summed E-state index contributed by atoms with van der Waals surface area (Å²) in [4.78, 5) is 55.7. The molecule has 0 radical (unpaired) electrons. The molecule has 5 rings (SSSR count). The molecule has 14 heteroatoms. The van der Waals surface area contributed by atoms with E-state index >= 15 is 0 Å². The van der Waals surface area contributed by atoms with Crippen molar-refractivity contribution in [3.8, 4) is 0 Å². The second kappa shape index (κ2) is 16.4. The molecule has 0 aromatic heterocycles. The van der Waals surface area contributed by atoms with Crippen LogP contribution < -0.4 is 10.6 Å². The number of carbonyl (C=O) groups excluding carboxylic acids is 4. The summed E-state index contributed by atoms with van der Waals surface area (Å²) in [5, 5.41) is 5.46. The molecule has 1 saturated carbocycles. The SMILES string of the molecule is CCOC(=O)c1ccccc1[C@H]1CC[C@H](N2CC[C@@H](NC(=O)N3C(=O)NC(COC)=C(C(=O)OC)[C@@H]3c3ccc(F)c(F)c3)C2)CC1.Cl. The zero-order valence-corrected chi connectivity index (χ0v) is 27.9. The second-order valence-corrected chi connectivity index (χ2v) is 11.9. The van der Waals surface area contributed by atoms with E-state index in [-0.39, 0.29) is 53.8 Å². The van der Waals surface area contributed by atoms with Crippen LogP contribution in [0, 0.1) is 11.6 Å². The Hall–Kier alpha value is -4.07. The molecule has 2 atom stereocenters. The molecule has 0 unspecified atom stereocenters. The molecular formula is C34H41ClF2N4O7. The minimum Gasteiger partial charge on any atom is -0.466 e. The van der Waals surface area contributed by atoms with E-state index in [4.69, 9.17) is 14.2 Å². The van der Waals surface area contributed by atoms with E-state index in [9.17, 15) is 28.0 Å². The van der Waals surface area contributed by atoms with Crippen LogP contribution in [0.5, 0.6) is 0 Å². The van der Waals surface area contributed by atoms with E-state index in [1.807, 2.05) is 24.3 Å². The third-order valence-electron chi connectivity index (χ3n) is 9.16. The van der Waals surface area contributed by atoms with E-state index < -0.39 is 35.7 Å². The third kappa shape index (κ3) is 7.79. The molecule has 2 aliphatic heterocycles. The van der Waals surface area contributed by atoms with Crippen molar-refractivity contribution in [2.45, 2.75) is 63.1 Å². The lowest BCUT2D eigenvalue weighted by molar-refractivity contribution is -0.137. The number of rotatable bonds is 9. The van der Waals surface area contributed by atoms with E-state index in [2.05, 4.69) is 15.5 Å². The van der Waals surface area contributed by atoms with Gasteiger partial charge in [0.15, 0.2) is 11.6 Å². The molecule has 2 aromatic rings. The molecule has 3 aliphatic rings. The summed E-state index contributed by atoms with van der Waals surface area (Å²) in [6.07, 6.45) is 4.29.